The molecule has 2 aromatic heterocycles. The van der Waals surface area contributed by atoms with E-state index in [0.29, 0.717) is 5.13 Å². The van der Waals surface area contributed by atoms with Gasteiger partial charge in [0.15, 0.2) is 5.13 Å². The first-order valence-corrected chi connectivity index (χ1v) is 8.59. The molecule has 9 heteroatoms. The Hall–Kier alpha value is -2.52. The van der Waals surface area contributed by atoms with Crippen molar-refractivity contribution in [2.45, 2.75) is 25.6 Å². The highest BCUT2D eigenvalue weighted by molar-refractivity contribution is 7.13. The molecule has 1 amide bonds. The third-order valence-corrected chi connectivity index (χ3v) is 4.47. The van der Waals surface area contributed by atoms with Gasteiger partial charge >= 0.3 is 6.18 Å². The summed E-state index contributed by atoms with van der Waals surface area (Å²) in [6, 6.07) is 4.94. The number of hydrogen-bond acceptors (Lipinski definition) is 5. The van der Waals surface area contributed by atoms with Gasteiger partial charge in [-0.1, -0.05) is 19.1 Å². The number of carbonyl (C=O) groups excluding carboxylic acids is 1. The Bertz CT molecular complexity index is 942. The number of thiazole rings is 1. The Labute approximate surface area is 150 Å². The van der Waals surface area contributed by atoms with Crippen LogP contribution in [0.1, 0.15) is 41.1 Å². The summed E-state index contributed by atoms with van der Waals surface area (Å²) in [5, 5.41) is 14.9. The predicted molar refractivity (Wildman–Crippen MR) is 92.1 cm³/mol. The molecule has 3 aromatic rings. The molecule has 0 bridgehead atoms. The molecular weight excluding hydrogens is 367 g/mol. The molecule has 5 nitrogen and oxygen atoms in total. The van der Waals surface area contributed by atoms with Crippen LogP contribution in [-0.4, -0.2) is 21.0 Å². The maximum atomic E-state index is 13.3. The van der Waals surface area contributed by atoms with Crippen molar-refractivity contribution in [2.24, 2.45) is 0 Å². The first-order chi connectivity index (χ1) is 12.3. The van der Waals surface area contributed by atoms with E-state index in [1.54, 1.807) is 12.3 Å². The van der Waals surface area contributed by atoms with E-state index < -0.39 is 23.8 Å². The number of benzene rings is 1. The molecule has 0 fully saturated rings. The highest BCUT2D eigenvalue weighted by atomic mass is 32.1. The summed E-state index contributed by atoms with van der Waals surface area (Å²) in [5.74, 6) is -0.589. The fourth-order valence-electron chi connectivity index (χ4n) is 2.52. The van der Waals surface area contributed by atoms with Gasteiger partial charge in [-0.2, -0.15) is 13.2 Å². The molecule has 0 saturated carbocycles. The number of halogens is 3. The van der Waals surface area contributed by atoms with E-state index in [-0.39, 0.29) is 28.6 Å². The number of anilines is 1. The van der Waals surface area contributed by atoms with Gasteiger partial charge in [0.25, 0.3) is 5.91 Å². The Balaban J connectivity index is 2.17. The van der Waals surface area contributed by atoms with Crippen LogP contribution < -0.4 is 5.32 Å². The first-order valence-electron chi connectivity index (χ1n) is 7.71. The fourth-order valence-corrected chi connectivity index (χ4v) is 3.04. The SMILES string of the molecule is CCC(O)c1nc2c(C(F)(F)F)cccc2cc1C(=O)Nc1nccs1. The summed E-state index contributed by atoms with van der Waals surface area (Å²) >= 11 is 1.20. The van der Waals surface area contributed by atoms with Crippen LogP contribution in [0, 0.1) is 0 Å². The van der Waals surface area contributed by atoms with E-state index in [4.69, 9.17) is 0 Å². The Kier molecular flexibility index (Phi) is 4.92. The van der Waals surface area contributed by atoms with Crippen LogP contribution in [0.3, 0.4) is 0 Å². The third kappa shape index (κ3) is 3.54. The molecular formula is C17H14F3N3O2S. The van der Waals surface area contributed by atoms with E-state index in [0.717, 1.165) is 6.07 Å². The minimum atomic E-state index is -4.59. The quantitative estimate of drug-likeness (QED) is 0.702. The Morgan fingerprint density at radius 1 is 1.38 bits per heavy atom. The monoisotopic (exact) mass is 381 g/mol. The van der Waals surface area contributed by atoms with E-state index in [9.17, 15) is 23.1 Å². The van der Waals surface area contributed by atoms with Crippen molar-refractivity contribution in [1.29, 1.82) is 0 Å². The smallest absolute Gasteiger partial charge is 0.387 e. The van der Waals surface area contributed by atoms with Gasteiger partial charge in [0.2, 0.25) is 0 Å². The van der Waals surface area contributed by atoms with Crippen molar-refractivity contribution in [3.8, 4) is 0 Å². The van der Waals surface area contributed by atoms with Crippen LogP contribution in [0.4, 0.5) is 18.3 Å². The lowest BCUT2D eigenvalue weighted by molar-refractivity contribution is -0.136. The number of aliphatic hydroxyl groups excluding tert-OH is 1. The molecule has 0 radical (unpaired) electrons. The second-order valence-corrected chi connectivity index (χ2v) is 6.41. The zero-order valence-corrected chi connectivity index (χ0v) is 14.4. The van der Waals surface area contributed by atoms with E-state index in [1.165, 1.54) is 35.7 Å². The average Bonchev–Trinajstić information content (AvgIpc) is 3.11. The molecule has 136 valence electrons. The number of rotatable bonds is 4. The maximum absolute atomic E-state index is 13.3. The van der Waals surface area contributed by atoms with Crippen LogP contribution in [0.15, 0.2) is 35.8 Å². The van der Waals surface area contributed by atoms with E-state index in [2.05, 4.69) is 15.3 Å². The van der Waals surface area contributed by atoms with E-state index in [1.807, 2.05) is 0 Å². The second kappa shape index (κ2) is 7.00. The van der Waals surface area contributed by atoms with E-state index >= 15 is 0 Å². The number of fused-ring (bicyclic) bond motifs is 1. The van der Waals surface area contributed by atoms with Gasteiger partial charge in [0.1, 0.15) is 0 Å². The van der Waals surface area contributed by atoms with Gasteiger partial charge in [0, 0.05) is 17.0 Å². The number of pyridine rings is 1. The highest BCUT2D eigenvalue weighted by Crippen LogP contribution is 2.35. The third-order valence-electron chi connectivity index (χ3n) is 3.78. The van der Waals surface area contributed by atoms with Crippen molar-refractivity contribution >= 4 is 33.3 Å². The molecule has 0 aliphatic carbocycles. The largest absolute Gasteiger partial charge is 0.418 e. The minimum absolute atomic E-state index is 0.0152. The molecule has 1 atom stereocenters. The first kappa shape index (κ1) is 18.3. The van der Waals surface area contributed by atoms with Crippen molar-refractivity contribution in [2.75, 3.05) is 5.32 Å². The van der Waals surface area contributed by atoms with Crippen LogP contribution in [0.5, 0.6) is 0 Å². The number of hydrogen-bond donors (Lipinski definition) is 2. The summed E-state index contributed by atoms with van der Waals surface area (Å²) in [6.07, 6.45) is -4.05. The predicted octanol–water partition coefficient (Wildman–Crippen LogP) is 4.41. The number of alkyl halides is 3. The van der Waals surface area contributed by atoms with Crippen LogP contribution in [0.2, 0.25) is 0 Å². The zero-order valence-electron chi connectivity index (χ0n) is 13.5. The minimum Gasteiger partial charge on any atom is -0.387 e. The highest BCUT2D eigenvalue weighted by Gasteiger charge is 2.34. The van der Waals surface area contributed by atoms with Gasteiger partial charge in [-0.25, -0.2) is 9.97 Å². The molecule has 1 aromatic carbocycles. The van der Waals surface area contributed by atoms with Gasteiger partial charge in [-0.05, 0) is 18.6 Å². The number of para-hydroxylation sites is 1. The van der Waals surface area contributed by atoms with Gasteiger partial charge in [0.05, 0.1) is 28.4 Å². The fraction of sp³-hybridized carbons (Fsp3) is 0.235. The summed E-state index contributed by atoms with van der Waals surface area (Å²) in [6.45, 7) is 1.65. The van der Waals surface area contributed by atoms with Crippen molar-refractivity contribution in [3.05, 3.63) is 52.7 Å². The molecule has 1 unspecified atom stereocenters. The van der Waals surface area contributed by atoms with Crippen molar-refractivity contribution in [3.63, 3.8) is 0 Å². The van der Waals surface area contributed by atoms with Gasteiger partial charge < -0.3 is 5.11 Å². The molecule has 0 aliphatic heterocycles. The molecule has 2 N–H and O–H groups in total. The number of carbonyl (C=O) groups is 1. The molecule has 2 heterocycles. The number of amides is 1. The average molecular weight is 381 g/mol. The molecule has 0 spiro atoms. The van der Waals surface area contributed by atoms with Gasteiger partial charge in [-0.15, -0.1) is 11.3 Å². The lowest BCUT2D eigenvalue weighted by atomic mass is 10.0. The van der Waals surface area contributed by atoms with Crippen LogP contribution in [-0.2, 0) is 6.18 Å². The molecule has 26 heavy (non-hydrogen) atoms. The normalized spacial score (nSPS) is 13.0. The Morgan fingerprint density at radius 2 is 2.15 bits per heavy atom. The van der Waals surface area contributed by atoms with Crippen molar-refractivity contribution < 1.29 is 23.1 Å². The lowest BCUT2D eigenvalue weighted by Crippen LogP contribution is -2.18. The lowest BCUT2D eigenvalue weighted by Gasteiger charge is -2.16. The standard InChI is InChI=1S/C17H14F3N3O2S/c1-2-12(24)14-10(15(25)23-16-21-6-7-26-16)8-9-4-3-5-11(13(9)22-14)17(18,19)20/h3-8,12,24H,2H2,1H3,(H,21,23,25). The summed E-state index contributed by atoms with van der Waals surface area (Å²) in [5.41, 5.74) is -1.29. The van der Waals surface area contributed by atoms with Crippen LogP contribution >= 0.6 is 11.3 Å². The summed E-state index contributed by atoms with van der Waals surface area (Å²) in [7, 11) is 0. The summed E-state index contributed by atoms with van der Waals surface area (Å²) < 4.78 is 39.8. The maximum Gasteiger partial charge on any atom is 0.418 e. The number of nitrogens with zero attached hydrogens (tertiary/aromatic N) is 2. The number of nitrogens with one attached hydrogen (secondary N) is 1. The number of aliphatic hydroxyl groups is 1. The molecule has 0 aliphatic rings. The van der Waals surface area contributed by atoms with Gasteiger partial charge in [-0.3, -0.25) is 10.1 Å². The Morgan fingerprint density at radius 3 is 2.77 bits per heavy atom. The molecule has 3 rings (SSSR count). The zero-order chi connectivity index (χ0) is 18.9. The molecule has 0 saturated heterocycles. The summed E-state index contributed by atoms with van der Waals surface area (Å²) in [4.78, 5) is 20.5. The van der Waals surface area contributed by atoms with Crippen molar-refractivity contribution in [1.82, 2.24) is 9.97 Å². The van der Waals surface area contributed by atoms with Crippen LogP contribution in [0.25, 0.3) is 10.9 Å². The second-order valence-electron chi connectivity index (χ2n) is 5.51. The topological polar surface area (TPSA) is 75.1 Å². The number of aromatic nitrogens is 2.